The molecule has 25 heavy (non-hydrogen) atoms. The average molecular weight is 342 g/mol. The average Bonchev–Trinajstić information content (AvgIpc) is 3.03. The lowest BCUT2D eigenvalue weighted by Gasteiger charge is -2.46. The predicted octanol–water partition coefficient (Wildman–Crippen LogP) is 2.76. The quantitative estimate of drug-likeness (QED) is 0.841. The highest BCUT2D eigenvalue weighted by Gasteiger charge is 2.67. The van der Waals surface area contributed by atoms with Crippen LogP contribution in [-0.2, 0) is 27.9 Å². The fraction of sp³-hybridized carbons (Fsp3) is 0.600. The van der Waals surface area contributed by atoms with Crippen LogP contribution < -0.4 is 5.32 Å². The molecule has 3 amide bonds. The van der Waals surface area contributed by atoms with Crippen LogP contribution in [0.2, 0.25) is 0 Å². The van der Waals surface area contributed by atoms with Gasteiger partial charge in [-0.15, -0.1) is 0 Å². The largest absolute Gasteiger partial charge is 0.381 e. The molecule has 1 atom stereocenters. The molecule has 2 aliphatic carbocycles. The van der Waals surface area contributed by atoms with Gasteiger partial charge in [-0.2, -0.15) is 0 Å². The fourth-order valence-electron chi connectivity index (χ4n) is 5.24. The summed E-state index contributed by atoms with van der Waals surface area (Å²) in [6.07, 6.45) is 5.66. The summed E-state index contributed by atoms with van der Waals surface area (Å²) in [7, 11) is 3.34. The number of rotatable bonds is 2. The second-order valence-electron chi connectivity index (χ2n) is 7.78. The lowest BCUT2D eigenvalue weighted by atomic mass is 9.61. The Bertz CT molecular complexity index is 736. The summed E-state index contributed by atoms with van der Waals surface area (Å²) < 4.78 is 5.54. The number of hydrogen-bond donors (Lipinski definition) is 1. The second-order valence-corrected chi connectivity index (χ2v) is 7.78. The van der Waals surface area contributed by atoms with Crippen LogP contribution in [0.15, 0.2) is 18.2 Å². The van der Waals surface area contributed by atoms with Crippen LogP contribution in [0.3, 0.4) is 0 Å². The van der Waals surface area contributed by atoms with E-state index in [9.17, 15) is 9.59 Å². The Kier molecular flexibility index (Phi) is 3.69. The van der Waals surface area contributed by atoms with Gasteiger partial charge in [-0.3, -0.25) is 9.69 Å². The standard InChI is InChI=1S/C20H26N2O3/c1-4-13-5-6-14-12-19(9-7-15(25-3)8-10-19)20(16(14)11-13)17(23)22(2)18(24)21-20/h5-6,11,15H,4,7-10,12H2,1-3H3,(H,21,24). The van der Waals surface area contributed by atoms with Gasteiger partial charge in [-0.1, -0.05) is 25.1 Å². The monoisotopic (exact) mass is 342 g/mol. The number of ether oxygens (including phenoxy) is 1. The molecule has 0 aromatic heterocycles. The summed E-state index contributed by atoms with van der Waals surface area (Å²) in [6.45, 7) is 2.12. The van der Waals surface area contributed by atoms with Crippen molar-refractivity contribution in [1.82, 2.24) is 10.2 Å². The van der Waals surface area contributed by atoms with E-state index in [-0.39, 0.29) is 23.5 Å². The van der Waals surface area contributed by atoms with E-state index in [4.69, 9.17) is 4.74 Å². The molecule has 134 valence electrons. The van der Waals surface area contributed by atoms with E-state index in [1.807, 2.05) is 0 Å². The Morgan fingerprint density at radius 2 is 2.00 bits per heavy atom. The van der Waals surface area contributed by atoms with Gasteiger partial charge in [0, 0.05) is 19.6 Å². The third kappa shape index (κ3) is 2.05. The van der Waals surface area contributed by atoms with Gasteiger partial charge < -0.3 is 10.1 Å². The highest BCUT2D eigenvalue weighted by atomic mass is 16.5. The highest BCUT2D eigenvalue weighted by molar-refractivity contribution is 6.08. The van der Waals surface area contributed by atoms with Gasteiger partial charge in [0.25, 0.3) is 5.91 Å². The maximum atomic E-state index is 13.3. The smallest absolute Gasteiger partial charge is 0.325 e. The number of likely N-dealkylation sites (N-methyl/N-ethyl adjacent to an activating group) is 1. The Morgan fingerprint density at radius 1 is 1.28 bits per heavy atom. The van der Waals surface area contributed by atoms with Crippen molar-refractivity contribution in [2.45, 2.75) is 57.1 Å². The number of methoxy groups -OCH3 is 1. The van der Waals surface area contributed by atoms with Gasteiger partial charge in [0.05, 0.1) is 6.10 Å². The van der Waals surface area contributed by atoms with Crippen molar-refractivity contribution in [3.8, 4) is 0 Å². The SMILES string of the molecule is CCc1ccc2c(c1)C1(NC(=O)N(C)C1=O)C1(CCC(OC)CC1)C2. The van der Waals surface area contributed by atoms with Crippen molar-refractivity contribution < 1.29 is 14.3 Å². The van der Waals surface area contributed by atoms with E-state index < -0.39 is 5.54 Å². The third-order valence-electron chi connectivity index (χ3n) is 6.76. The molecule has 1 aromatic carbocycles. The van der Waals surface area contributed by atoms with Gasteiger partial charge in [0.2, 0.25) is 0 Å². The van der Waals surface area contributed by atoms with Gasteiger partial charge in [0.1, 0.15) is 0 Å². The van der Waals surface area contributed by atoms with Crippen molar-refractivity contribution in [3.63, 3.8) is 0 Å². The van der Waals surface area contributed by atoms with Gasteiger partial charge in [0.15, 0.2) is 5.54 Å². The number of amides is 3. The number of carbonyl (C=O) groups is 2. The Labute approximate surface area is 148 Å². The summed E-state index contributed by atoms with van der Waals surface area (Å²) in [5.74, 6) is -0.0969. The molecule has 1 unspecified atom stereocenters. The first kappa shape index (κ1) is 16.6. The van der Waals surface area contributed by atoms with Crippen molar-refractivity contribution in [2.75, 3.05) is 14.2 Å². The molecule has 0 radical (unpaired) electrons. The molecule has 1 N–H and O–H groups in total. The molecule has 5 heteroatoms. The number of benzene rings is 1. The molecular formula is C20H26N2O3. The number of carbonyl (C=O) groups excluding carboxylic acids is 2. The van der Waals surface area contributed by atoms with Crippen molar-refractivity contribution >= 4 is 11.9 Å². The molecule has 0 bridgehead atoms. The lowest BCUT2D eigenvalue weighted by Crippen LogP contribution is -2.56. The third-order valence-corrected chi connectivity index (χ3v) is 6.76. The van der Waals surface area contributed by atoms with E-state index >= 15 is 0 Å². The minimum Gasteiger partial charge on any atom is -0.381 e. The molecular weight excluding hydrogens is 316 g/mol. The molecule has 1 saturated heterocycles. The van der Waals surface area contributed by atoms with Gasteiger partial charge in [-0.05, 0) is 55.2 Å². The Balaban J connectivity index is 1.86. The van der Waals surface area contributed by atoms with E-state index in [0.717, 1.165) is 44.1 Å². The molecule has 2 fully saturated rings. The Morgan fingerprint density at radius 3 is 2.56 bits per heavy atom. The van der Waals surface area contributed by atoms with E-state index in [1.165, 1.54) is 16.0 Å². The molecule has 1 saturated carbocycles. The first-order chi connectivity index (χ1) is 12.0. The number of hydrogen-bond acceptors (Lipinski definition) is 3. The van der Waals surface area contributed by atoms with Crippen molar-refractivity contribution in [3.05, 3.63) is 34.9 Å². The zero-order valence-corrected chi connectivity index (χ0v) is 15.2. The molecule has 5 nitrogen and oxygen atoms in total. The lowest BCUT2D eigenvalue weighted by molar-refractivity contribution is -0.137. The van der Waals surface area contributed by atoms with E-state index in [2.05, 4.69) is 30.4 Å². The van der Waals surface area contributed by atoms with E-state index in [1.54, 1.807) is 14.2 Å². The normalized spacial score (nSPS) is 34.0. The molecule has 4 rings (SSSR count). The maximum absolute atomic E-state index is 13.3. The van der Waals surface area contributed by atoms with Crippen LogP contribution in [0.4, 0.5) is 4.79 Å². The predicted molar refractivity (Wildman–Crippen MR) is 94.2 cm³/mol. The van der Waals surface area contributed by atoms with Crippen LogP contribution >= 0.6 is 0 Å². The van der Waals surface area contributed by atoms with Gasteiger partial charge >= 0.3 is 6.03 Å². The number of nitrogens with one attached hydrogen (secondary N) is 1. The van der Waals surface area contributed by atoms with E-state index in [0.29, 0.717) is 0 Å². The zero-order valence-electron chi connectivity index (χ0n) is 15.2. The summed E-state index contributed by atoms with van der Waals surface area (Å²) >= 11 is 0. The zero-order chi connectivity index (χ0) is 17.8. The minimum absolute atomic E-state index is 0.0969. The molecule has 1 aromatic rings. The fourth-order valence-corrected chi connectivity index (χ4v) is 5.24. The minimum atomic E-state index is -0.905. The van der Waals surface area contributed by atoms with Crippen LogP contribution in [0.1, 0.15) is 49.3 Å². The second kappa shape index (κ2) is 5.56. The first-order valence-electron chi connectivity index (χ1n) is 9.23. The molecule has 2 spiro atoms. The van der Waals surface area contributed by atoms with Crippen LogP contribution in [-0.4, -0.2) is 37.1 Å². The van der Waals surface area contributed by atoms with Crippen molar-refractivity contribution in [1.29, 1.82) is 0 Å². The number of aryl methyl sites for hydroxylation is 1. The number of urea groups is 1. The maximum Gasteiger partial charge on any atom is 0.325 e. The van der Waals surface area contributed by atoms with Gasteiger partial charge in [-0.25, -0.2) is 4.79 Å². The summed E-state index contributed by atoms with van der Waals surface area (Å²) in [5, 5.41) is 3.13. The van der Waals surface area contributed by atoms with Crippen LogP contribution in [0.25, 0.3) is 0 Å². The van der Waals surface area contributed by atoms with Crippen LogP contribution in [0.5, 0.6) is 0 Å². The summed E-state index contributed by atoms with van der Waals surface area (Å²) in [5.41, 5.74) is 2.28. The summed E-state index contributed by atoms with van der Waals surface area (Å²) in [4.78, 5) is 27.0. The summed E-state index contributed by atoms with van der Waals surface area (Å²) in [6, 6.07) is 6.17. The Hall–Kier alpha value is -1.88. The van der Waals surface area contributed by atoms with Crippen LogP contribution in [0, 0.1) is 5.41 Å². The number of fused-ring (bicyclic) bond motifs is 3. The molecule has 3 aliphatic rings. The van der Waals surface area contributed by atoms with Crippen molar-refractivity contribution in [2.24, 2.45) is 5.41 Å². The number of nitrogens with zero attached hydrogens (tertiary/aromatic N) is 1. The first-order valence-corrected chi connectivity index (χ1v) is 9.23. The highest BCUT2D eigenvalue weighted by Crippen LogP contribution is 2.59. The molecule has 1 heterocycles. The molecule has 1 aliphatic heterocycles. The number of imide groups is 1. The topological polar surface area (TPSA) is 58.6 Å².